The van der Waals surface area contributed by atoms with Crippen LogP contribution in [0.15, 0.2) is 15.2 Å². The van der Waals surface area contributed by atoms with Crippen LogP contribution >= 0.6 is 9.24 Å². The highest BCUT2D eigenvalue weighted by atomic mass is 31.0. The van der Waals surface area contributed by atoms with Crippen molar-refractivity contribution < 1.29 is 0 Å². The molecule has 0 aromatic carbocycles. The van der Waals surface area contributed by atoms with E-state index in [9.17, 15) is 0 Å². The molecule has 0 bridgehead atoms. The number of hydrogen-bond acceptors (Lipinski definition) is 3. The molecule has 1 rings (SSSR count). The lowest BCUT2D eigenvalue weighted by Crippen LogP contribution is -1.74. The van der Waals surface area contributed by atoms with Gasteiger partial charge in [0.05, 0.1) is 0 Å². The molecule has 1 aliphatic heterocycles. The second kappa shape index (κ2) is 1.43. The monoisotopic (exact) mass is 101 g/mol. The van der Waals surface area contributed by atoms with Gasteiger partial charge in [0.15, 0.2) is 5.91 Å². The first-order chi connectivity index (χ1) is 2.89. The molecule has 6 heavy (non-hydrogen) atoms. The quantitative estimate of drug-likeness (QED) is 0.401. The molecule has 0 radical (unpaired) electrons. The number of hydrogen-bond donors (Lipinski definition) is 0. The molecular formula is C2H4N3P. The molecule has 0 aliphatic carbocycles. The van der Waals surface area contributed by atoms with Crippen LogP contribution in [0.4, 0.5) is 0 Å². The van der Waals surface area contributed by atoms with Crippen molar-refractivity contribution in [3.05, 3.63) is 0 Å². The van der Waals surface area contributed by atoms with Gasteiger partial charge in [0, 0.05) is 0 Å². The van der Waals surface area contributed by atoms with Crippen LogP contribution in [-0.4, -0.2) is 12.2 Å². The van der Waals surface area contributed by atoms with Crippen LogP contribution in [0.5, 0.6) is 0 Å². The molecule has 1 heterocycles. The molecule has 0 aromatic rings. The summed E-state index contributed by atoms with van der Waals surface area (Å²) in [6, 6.07) is 0. The normalized spacial score (nSPS) is 29.2. The van der Waals surface area contributed by atoms with Crippen LogP contribution in [0.3, 0.4) is 0 Å². The van der Waals surface area contributed by atoms with Crippen molar-refractivity contribution in [1.29, 1.82) is 0 Å². The van der Waals surface area contributed by atoms with Gasteiger partial charge in [-0.25, -0.2) is 4.99 Å². The van der Waals surface area contributed by atoms with E-state index in [1.54, 1.807) is 0 Å². The molecule has 2 atom stereocenters. The Morgan fingerprint density at radius 3 is 2.67 bits per heavy atom. The second-order valence-electron chi connectivity index (χ2n) is 0.909. The zero-order chi connectivity index (χ0) is 4.41. The minimum atomic E-state index is -0.00926. The van der Waals surface area contributed by atoms with Crippen molar-refractivity contribution in [1.82, 2.24) is 0 Å². The van der Waals surface area contributed by atoms with E-state index in [0.717, 1.165) is 0 Å². The average Bonchev–Trinajstić information content (AvgIpc) is 1.86. The van der Waals surface area contributed by atoms with Crippen molar-refractivity contribution in [2.45, 2.75) is 5.91 Å². The van der Waals surface area contributed by atoms with Crippen molar-refractivity contribution in [3.8, 4) is 0 Å². The van der Waals surface area contributed by atoms with Gasteiger partial charge in [-0.2, -0.15) is 5.11 Å². The molecule has 0 N–H and O–H groups in total. The van der Waals surface area contributed by atoms with Gasteiger partial charge in [-0.05, 0) is 0 Å². The van der Waals surface area contributed by atoms with Gasteiger partial charge >= 0.3 is 0 Å². The maximum Gasteiger partial charge on any atom is 0.174 e. The fourth-order valence-corrected chi connectivity index (χ4v) is 0.380. The lowest BCUT2D eigenvalue weighted by molar-refractivity contribution is 0.975. The van der Waals surface area contributed by atoms with Crippen LogP contribution in [0.1, 0.15) is 0 Å². The Bertz CT molecular complexity index is 85.0. The summed E-state index contributed by atoms with van der Waals surface area (Å²) in [5.74, 6) is -0.00926. The second-order valence-corrected chi connectivity index (χ2v) is 1.51. The predicted octanol–water partition coefficient (Wildman–Crippen LogP) is 0.639. The molecule has 32 valence electrons. The largest absolute Gasteiger partial charge is 0.239 e. The highest BCUT2D eigenvalue weighted by molar-refractivity contribution is 7.17. The summed E-state index contributed by atoms with van der Waals surface area (Å²) >= 11 is 0. The molecule has 4 heteroatoms. The van der Waals surface area contributed by atoms with E-state index in [4.69, 9.17) is 0 Å². The first kappa shape index (κ1) is 3.88. The first-order valence-corrected chi connectivity index (χ1v) is 2.23. The Morgan fingerprint density at radius 2 is 2.50 bits per heavy atom. The van der Waals surface area contributed by atoms with Crippen LogP contribution in [0.25, 0.3) is 0 Å². The van der Waals surface area contributed by atoms with Crippen molar-refractivity contribution in [2.24, 2.45) is 15.2 Å². The highest BCUT2D eigenvalue weighted by Crippen LogP contribution is 2.06. The maximum atomic E-state index is 3.74. The highest BCUT2D eigenvalue weighted by Gasteiger charge is 1.93. The van der Waals surface area contributed by atoms with Gasteiger partial charge < -0.3 is 0 Å². The summed E-state index contributed by atoms with van der Waals surface area (Å²) in [5, 5.41) is 7.08. The number of azo groups is 1. The minimum Gasteiger partial charge on any atom is -0.239 e. The topological polar surface area (TPSA) is 37.1 Å². The van der Waals surface area contributed by atoms with Gasteiger partial charge in [0.25, 0.3) is 0 Å². The fourth-order valence-electron chi connectivity index (χ4n) is 0.226. The van der Waals surface area contributed by atoms with E-state index in [1.165, 1.54) is 6.34 Å². The third-order valence-corrected chi connectivity index (χ3v) is 0.761. The Morgan fingerprint density at radius 1 is 1.67 bits per heavy atom. The van der Waals surface area contributed by atoms with Gasteiger partial charge in [-0.15, -0.1) is 5.11 Å². The average molecular weight is 101 g/mol. The van der Waals surface area contributed by atoms with E-state index < -0.39 is 0 Å². The summed E-state index contributed by atoms with van der Waals surface area (Å²) in [5.41, 5.74) is 0. The summed E-state index contributed by atoms with van der Waals surface area (Å²) < 4.78 is 0. The molecule has 1 aliphatic rings. The van der Waals surface area contributed by atoms with E-state index in [-0.39, 0.29) is 5.91 Å². The van der Waals surface area contributed by atoms with Gasteiger partial charge in [0.2, 0.25) is 0 Å². The third-order valence-electron chi connectivity index (χ3n) is 0.456. The molecule has 3 nitrogen and oxygen atoms in total. The molecule has 0 amide bonds. The Hall–Kier alpha value is -0.300. The maximum absolute atomic E-state index is 3.74. The summed E-state index contributed by atoms with van der Waals surface area (Å²) in [6.45, 7) is 0. The SMILES string of the molecule is PC1N=CN=N1. The van der Waals surface area contributed by atoms with Crippen molar-refractivity contribution >= 4 is 15.6 Å². The zero-order valence-electron chi connectivity index (χ0n) is 3.07. The Labute approximate surface area is 37.8 Å². The first-order valence-electron chi connectivity index (χ1n) is 1.57. The van der Waals surface area contributed by atoms with Crippen LogP contribution in [0.2, 0.25) is 0 Å². The third kappa shape index (κ3) is 0.601. The van der Waals surface area contributed by atoms with Crippen LogP contribution in [-0.2, 0) is 0 Å². The summed E-state index contributed by atoms with van der Waals surface area (Å²) in [6.07, 6.45) is 1.44. The summed E-state index contributed by atoms with van der Waals surface area (Å²) in [4.78, 5) is 3.74. The van der Waals surface area contributed by atoms with Gasteiger partial charge in [0.1, 0.15) is 6.34 Å². The molecule has 0 aromatic heterocycles. The van der Waals surface area contributed by atoms with Crippen molar-refractivity contribution in [3.63, 3.8) is 0 Å². The Balaban J connectivity index is 2.60. The van der Waals surface area contributed by atoms with E-state index in [0.29, 0.717) is 0 Å². The lowest BCUT2D eigenvalue weighted by Gasteiger charge is -1.81. The van der Waals surface area contributed by atoms with Crippen LogP contribution in [0, 0.1) is 0 Å². The number of nitrogens with zero attached hydrogens (tertiary/aromatic N) is 3. The standard InChI is InChI=1S/C2H4N3P/c6-2-3-1-4-5-2/h1-2H,6H2. The molecule has 0 fully saturated rings. The van der Waals surface area contributed by atoms with Crippen molar-refractivity contribution in [2.75, 3.05) is 0 Å². The molecule has 0 saturated heterocycles. The van der Waals surface area contributed by atoms with Gasteiger partial charge in [-0.3, -0.25) is 0 Å². The van der Waals surface area contributed by atoms with Crippen LogP contribution < -0.4 is 0 Å². The van der Waals surface area contributed by atoms with Gasteiger partial charge in [-0.1, -0.05) is 9.24 Å². The minimum absolute atomic E-state index is 0.00926. The molecule has 2 unspecified atom stereocenters. The summed E-state index contributed by atoms with van der Waals surface area (Å²) in [7, 11) is 2.41. The Kier molecular flexibility index (Phi) is 0.926. The van der Waals surface area contributed by atoms with E-state index in [1.807, 2.05) is 0 Å². The molecule has 0 spiro atoms. The smallest absolute Gasteiger partial charge is 0.174 e. The number of rotatable bonds is 0. The lowest BCUT2D eigenvalue weighted by atomic mass is 11.2. The predicted molar refractivity (Wildman–Crippen MR) is 26.8 cm³/mol. The fraction of sp³-hybridized carbons (Fsp3) is 0.500. The zero-order valence-corrected chi connectivity index (χ0v) is 4.23. The number of aliphatic imine (C=N–C) groups is 1. The van der Waals surface area contributed by atoms with E-state index in [2.05, 4.69) is 24.5 Å². The van der Waals surface area contributed by atoms with E-state index >= 15 is 0 Å². The molecule has 0 saturated carbocycles. The molecular weight excluding hydrogens is 97.0 g/mol.